The zero-order valence-corrected chi connectivity index (χ0v) is 12.1. The van der Waals surface area contributed by atoms with E-state index < -0.39 is 0 Å². The van der Waals surface area contributed by atoms with Crippen LogP contribution in [0.3, 0.4) is 0 Å². The number of carbonyl (C=O) groups excluding carboxylic acids is 1. The standard InChI is InChI=1S/C16H24O3/c1-4-7-12(8-5-2)11-14(17)13-9-6-10-15(19-3)16(13)18/h6,9-10,12,18H,4-5,7-8,11H2,1-3H3. The lowest BCUT2D eigenvalue weighted by molar-refractivity contribution is 0.0953. The monoisotopic (exact) mass is 264 g/mol. The molecule has 1 aromatic rings. The van der Waals surface area contributed by atoms with Crippen molar-refractivity contribution in [3.05, 3.63) is 23.8 Å². The molecule has 0 amide bonds. The first-order valence-electron chi connectivity index (χ1n) is 7.03. The topological polar surface area (TPSA) is 46.5 Å². The normalized spacial score (nSPS) is 10.7. The van der Waals surface area contributed by atoms with Gasteiger partial charge in [-0.3, -0.25) is 4.79 Å². The number of hydrogen-bond donors (Lipinski definition) is 1. The molecule has 0 fully saturated rings. The molecule has 19 heavy (non-hydrogen) atoms. The lowest BCUT2D eigenvalue weighted by Crippen LogP contribution is -2.09. The van der Waals surface area contributed by atoms with E-state index in [9.17, 15) is 9.90 Å². The average molecular weight is 264 g/mol. The van der Waals surface area contributed by atoms with E-state index in [4.69, 9.17) is 4.74 Å². The molecule has 0 unspecified atom stereocenters. The maximum absolute atomic E-state index is 12.3. The summed E-state index contributed by atoms with van der Waals surface area (Å²) in [5.41, 5.74) is 0.372. The molecular weight excluding hydrogens is 240 g/mol. The van der Waals surface area contributed by atoms with Gasteiger partial charge < -0.3 is 9.84 Å². The third-order valence-corrected chi connectivity index (χ3v) is 3.39. The minimum Gasteiger partial charge on any atom is -0.504 e. The van der Waals surface area contributed by atoms with Crippen molar-refractivity contribution < 1.29 is 14.6 Å². The number of hydrogen-bond acceptors (Lipinski definition) is 3. The van der Waals surface area contributed by atoms with E-state index >= 15 is 0 Å². The van der Waals surface area contributed by atoms with Crippen LogP contribution in [0.4, 0.5) is 0 Å². The minimum absolute atomic E-state index is 0.00306. The Kier molecular flexibility index (Phi) is 6.40. The summed E-state index contributed by atoms with van der Waals surface area (Å²) < 4.78 is 5.03. The van der Waals surface area contributed by atoms with Crippen LogP contribution in [0.1, 0.15) is 56.3 Å². The van der Waals surface area contributed by atoms with Gasteiger partial charge in [0.2, 0.25) is 0 Å². The average Bonchev–Trinajstić information content (AvgIpc) is 2.39. The summed E-state index contributed by atoms with van der Waals surface area (Å²) >= 11 is 0. The molecular formula is C16H24O3. The Hall–Kier alpha value is -1.51. The molecule has 3 heteroatoms. The maximum atomic E-state index is 12.3. The van der Waals surface area contributed by atoms with Gasteiger partial charge >= 0.3 is 0 Å². The van der Waals surface area contributed by atoms with Gasteiger partial charge in [-0.15, -0.1) is 0 Å². The second-order valence-corrected chi connectivity index (χ2v) is 4.93. The first-order valence-corrected chi connectivity index (χ1v) is 7.03. The van der Waals surface area contributed by atoms with E-state index in [1.807, 2.05) is 0 Å². The van der Waals surface area contributed by atoms with Crippen molar-refractivity contribution in [1.82, 2.24) is 0 Å². The van der Waals surface area contributed by atoms with Gasteiger partial charge in [-0.05, 0) is 18.1 Å². The van der Waals surface area contributed by atoms with Gasteiger partial charge in [0.1, 0.15) is 0 Å². The highest BCUT2D eigenvalue weighted by molar-refractivity contribution is 5.99. The number of Topliss-reactive ketones (excluding diaryl/α,β-unsaturated/α-hetero) is 1. The second-order valence-electron chi connectivity index (χ2n) is 4.93. The minimum atomic E-state index is -0.0400. The highest BCUT2D eigenvalue weighted by Gasteiger charge is 2.18. The third-order valence-electron chi connectivity index (χ3n) is 3.39. The van der Waals surface area contributed by atoms with Crippen molar-refractivity contribution in [1.29, 1.82) is 0 Å². The smallest absolute Gasteiger partial charge is 0.168 e. The van der Waals surface area contributed by atoms with Crippen LogP contribution in [-0.2, 0) is 0 Å². The molecule has 0 spiro atoms. The zero-order chi connectivity index (χ0) is 14.3. The quantitative estimate of drug-likeness (QED) is 0.716. The van der Waals surface area contributed by atoms with Crippen molar-refractivity contribution in [2.45, 2.75) is 46.0 Å². The van der Waals surface area contributed by atoms with Gasteiger partial charge in [-0.1, -0.05) is 45.6 Å². The molecule has 3 nitrogen and oxygen atoms in total. The Morgan fingerprint density at radius 3 is 2.42 bits per heavy atom. The molecule has 0 saturated heterocycles. The summed E-state index contributed by atoms with van der Waals surface area (Å²) in [7, 11) is 1.49. The SMILES string of the molecule is CCCC(CCC)CC(=O)c1cccc(OC)c1O. The Morgan fingerprint density at radius 1 is 1.26 bits per heavy atom. The molecule has 106 valence electrons. The Balaban J connectivity index is 2.82. The van der Waals surface area contributed by atoms with Crippen LogP contribution in [-0.4, -0.2) is 18.0 Å². The number of carbonyl (C=O) groups is 1. The number of ether oxygens (including phenoxy) is 1. The molecule has 1 N–H and O–H groups in total. The van der Waals surface area contributed by atoms with Crippen molar-refractivity contribution in [2.24, 2.45) is 5.92 Å². The molecule has 0 bridgehead atoms. The molecule has 1 aromatic carbocycles. The first kappa shape index (κ1) is 15.5. The van der Waals surface area contributed by atoms with Crippen LogP contribution in [0.15, 0.2) is 18.2 Å². The number of aromatic hydroxyl groups is 1. The molecule has 0 aliphatic heterocycles. The van der Waals surface area contributed by atoms with Crippen LogP contribution in [0.25, 0.3) is 0 Å². The summed E-state index contributed by atoms with van der Waals surface area (Å²) in [6.07, 6.45) is 4.79. The number of phenols is 1. The maximum Gasteiger partial charge on any atom is 0.168 e. The number of rotatable bonds is 8. The Bertz CT molecular complexity index is 406. The van der Waals surface area contributed by atoms with Gasteiger partial charge in [-0.25, -0.2) is 0 Å². The summed E-state index contributed by atoms with van der Waals surface area (Å²) in [6, 6.07) is 5.05. The van der Waals surface area contributed by atoms with Gasteiger partial charge in [0.05, 0.1) is 12.7 Å². The van der Waals surface area contributed by atoms with Crippen LogP contribution in [0.5, 0.6) is 11.5 Å². The molecule has 0 saturated carbocycles. The van der Waals surface area contributed by atoms with Gasteiger partial charge in [-0.2, -0.15) is 0 Å². The van der Waals surface area contributed by atoms with Crippen LogP contribution >= 0.6 is 0 Å². The summed E-state index contributed by atoms with van der Waals surface area (Å²) in [5.74, 6) is 0.728. The second kappa shape index (κ2) is 7.82. The predicted molar refractivity (Wildman–Crippen MR) is 76.9 cm³/mol. The van der Waals surface area contributed by atoms with Crippen molar-refractivity contribution >= 4 is 5.78 Å². The van der Waals surface area contributed by atoms with Crippen LogP contribution in [0, 0.1) is 5.92 Å². The fourth-order valence-electron chi connectivity index (χ4n) is 2.45. The van der Waals surface area contributed by atoms with Crippen molar-refractivity contribution in [3.63, 3.8) is 0 Å². The largest absolute Gasteiger partial charge is 0.504 e. The molecule has 0 aliphatic rings. The fraction of sp³-hybridized carbons (Fsp3) is 0.562. The van der Waals surface area contributed by atoms with Gasteiger partial charge in [0.15, 0.2) is 17.3 Å². The van der Waals surface area contributed by atoms with E-state index in [2.05, 4.69) is 13.8 Å². The lowest BCUT2D eigenvalue weighted by Gasteiger charge is -2.15. The van der Waals surface area contributed by atoms with Crippen LogP contribution < -0.4 is 4.74 Å². The zero-order valence-electron chi connectivity index (χ0n) is 12.1. The van der Waals surface area contributed by atoms with E-state index in [-0.39, 0.29) is 11.5 Å². The number of methoxy groups -OCH3 is 1. The summed E-state index contributed by atoms with van der Waals surface area (Å²) in [5, 5.41) is 9.99. The number of ketones is 1. The third kappa shape index (κ3) is 4.27. The predicted octanol–water partition coefficient (Wildman–Crippen LogP) is 4.19. The molecule has 0 aliphatic carbocycles. The Labute approximate surface area is 115 Å². The summed E-state index contributed by atoms with van der Waals surface area (Å²) in [6.45, 7) is 4.27. The number of phenolic OH excluding ortho intramolecular Hbond substituents is 1. The van der Waals surface area contributed by atoms with Gasteiger partial charge in [0, 0.05) is 6.42 Å². The molecule has 0 heterocycles. The van der Waals surface area contributed by atoms with Gasteiger partial charge in [0.25, 0.3) is 0 Å². The highest BCUT2D eigenvalue weighted by atomic mass is 16.5. The molecule has 0 atom stereocenters. The van der Waals surface area contributed by atoms with E-state index in [0.29, 0.717) is 23.7 Å². The van der Waals surface area contributed by atoms with E-state index in [0.717, 1.165) is 25.7 Å². The van der Waals surface area contributed by atoms with Crippen LogP contribution in [0.2, 0.25) is 0 Å². The summed E-state index contributed by atoms with van der Waals surface area (Å²) in [4.78, 5) is 12.3. The Morgan fingerprint density at radius 2 is 1.89 bits per heavy atom. The van der Waals surface area contributed by atoms with Crippen molar-refractivity contribution in [2.75, 3.05) is 7.11 Å². The number of para-hydroxylation sites is 1. The first-order chi connectivity index (χ1) is 9.13. The highest BCUT2D eigenvalue weighted by Crippen LogP contribution is 2.31. The number of benzene rings is 1. The molecule has 0 aromatic heterocycles. The van der Waals surface area contributed by atoms with E-state index in [1.54, 1.807) is 18.2 Å². The molecule has 0 radical (unpaired) electrons. The lowest BCUT2D eigenvalue weighted by atomic mass is 9.90. The van der Waals surface area contributed by atoms with E-state index in [1.165, 1.54) is 7.11 Å². The molecule has 1 rings (SSSR count). The van der Waals surface area contributed by atoms with Crippen molar-refractivity contribution in [3.8, 4) is 11.5 Å². The fourth-order valence-corrected chi connectivity index (χ4v) is 2.45.